The number of benzene rings is 1. The summed E-state index contributed by atoms with van der Waals surface area (Å²) >= 11 is 0. The number of imidazole rings is 1. The zero-order valence-electron chi connectivity index (χ0n) is 21.1. The highest BCUT2D eigenvalue weighted by atomic mass is 16.7. The van der Waals surface area contributed by atoms with E-state index in [4.69, 9.17) is 19.7 Å². The minimum absolute atomic E-state index is 0.170. The molecule has 0 bridgehead atoms. The number of nitrogens with two attached hydrogens (primary N) is 1. The predicted molar refractivity (Wildman–Crippen MR) is 137 cm³/mol. The predicted octanol–water partition coefficient (Wildman–Crippen LogP) is 3.40. The highest BCUT2D eigenvalue weighted by molar-refractivity contribution is 5.75. The van der Waals surface area contributed by atoms with Crippen LogP contribution in [0, 0.1) is 17.8 Å². The molecule has 0 radical (unpaired) electrons. The number of amides is 1. The number of ether oxygens (including phenoxy) is 2. The van der Waals surface area contributed by atoms with Gasteiger partial charge in [-0.05, 0) is 63.3 Å². The van der Waals surface area contributed by atoms with Crippen LogP contribution in [0.25, 0.3) is 11.3 Å². The van der Waals surface area contributed by atoms with Crippen LogP contribution >= 0.6 is 0 Å². The van der Waals surface area contributed by atoms with E-state index < -0.39 is 0 Å². The Hall–Kier alpha value is -3.45. The van der Waals surface area contributed by atoms with E-state index in [0.29, 0.717) is 24.3 Å². The number of aromatic nitrogens is 3. The first-order valence-electron chi connectivity index (χ1n) is 12.9. The molecule has 2 fully saturated rings. The molecule has 194 valence electrons. The van der Waals surface area contributed by atoms with Crippen molar-refractivity contribution in [2.45, 2.75) is 64.0 Å². The van der Waals surface area contributed by atoms with Crippen molar-refractivity contribution in [3.8, 4) is 23.2 Å². The summed E-state index contributed by atoms with van der Waals surface area (Å²) in [4.78, 5) is 15.3. The molecular weight excluding hydrogens is 470 g/mol. The summed E-state index contributed by atoms with van der Waals surface area (Å²) in [5.41, 5.74) is 7.88. The van der Waals surface area contributed by atoms with E-state index in [1.807, 2.05) is 48.0 Å². The van der Waals surface area contributed by atoms with Crippen molar-refractivity contribution in [1.82, 2.24) is 20.0 Å². The van der Waals surface area contributed by atoms with Gasteiger partial charge in [0.2, 0.25) is 5.91 Å². The van der Waals surface area contributed by atoms with Crippen LogP contribution in [0.1, 0.15) is 62.2 Å². The van der Waals surface area contributed by atoms with Gasteiger partial charge in [-0.2, -0.15) is 0 Å². The van der Waals surface area contributed by atoms with Crippen LogP contribution in [0.4, 0.5) is 0 Å². The summed E-state index contributed by atoms with van der Waals surface area (Å²) < 4.78 is 19.5. The molecule has 9 heteroatoms. The topological polar surface area (TPSA) is 117 Å². The van der Waals surface area contributed by atoms with Gasteiger partial charge in [-0.25, -0.2) is 4.98 Å². The summed E-state index contributed by atoms with van der Waals surface area (Å²) in [5.74, 6) is 8.12. The van der Waals surface area contributed by atoms with Gasteiger partial charge in [0.1, 0.15) is 17.6 Å². The fraction of sp³-hybridized carbons (Fsp3) is 0.464. The van der Waals surface area contributed by atoms with E-state index in [1.165, 1.54) is 0 Å². The Balaban J connectivity index is 1.15. The number of hydrogen-bond acceptors (Lipinski definition) is 7. The largest absolute Gasteiger partial charge is 0.369 e. The monoisotopic (exact) mass is 503 g/mol. The summed E-state index contributed by atoms with van der Waals surface area (Å²) in [6.45, 7) is 3.51. The summed E-state index contributed by atoms with van der Waals surface area (Å²) in [6, 6.07) is 10.3. The molecule has 1 saturated carbocycles. The highest BCUT2D eigenvalue weighted by Crippen LogP contribution is 2.27. The molecule has 0 spiro atoms. The van der Waals surface area contributed by atoms with Crippen molar-refractivity contribution in [3.63, 3.8) is 0 Å². The van der Waals surface area contributed by atoms with E-state index >= 15 is 0 Å². The average Bonchev–Trinajstić information content (AvgIpc) is 3.54. The smallest absolute Gasteiger partial charge is 0.231 e. The fourth-order valence-electron chi connectivity index (χ4n) is 4.67. The second kappa shape index (κ2) is 11.7. The van der Waals surface area contributed by atoms with Gasteiger partial charge in [0.05, 0.1) is 13.1 Å². The molecule has 5 rings (SSSR count). The van der Waals surface area contributed by atoms with Crippen LogP contribution in [0.5, 0.6) is 0 Å². The second-order valence-electron chi connectivity index (χ2n) is 9.73. The van der Waals surface area contributed by atoms with E-state index in [9.17, 15) is 4.79 Å². The van der Waals surface area contributed by atoms with Crippen molar-refractivity contribution in [2.24, 2.45) is 11.7 Å². The third kappa shape index (κ3) is 6.66. The van der Waals surface area contributed by atoms with Crippen LogP contribution in [-0.2, 0) is 20.8 Å². The molecule has 2 aromatic heterocycles. The van der Waals surface area contributed by atoms with Crippen LogP contribution in [0.2, 0.25) is 0 Å². The third-order valence-electron chi connectivity index (χ3n) is 6.79. The number of carbonyl (C=O) groups excluding carboxylic acids is 1. The summed E-state index contributed by atoms with van der Waals surface area (Å²) in [6.07, 6.45) is 8.36. The number of nitrogens with zero attached hydrogens (tertiary/aromatic N) is 3. The molecule has 3 heterocycles. The molecular formula is C28H33N5O4. The van der Waals surface area contributed by atoms with E-state index in [-0.39, 0.29) is 24.8 Å². The lowest BCUT2D eigenvalue weighted by Gasteiger charge is -2.32. The number of nitrogens with one attached hydrogen (secondary N) is 1. The molecule has 1 aromatic carbocycles. The lowest BCUT2D eigenvalue weighted by atomic mass is 9.80. The molecule has 1 aliphatic carbocycles. The van der Waals surface area contributed by atoms with Gasteiger partial charge in [0, 0.05) is 48.2 Å². The molecule has 2 atom stereocenters. The number of rotatable bonds is 9. The van der Waals surface area contributed by atoms with E-state index in [1.54, 1.807) is 6.20 Å². The van der Waals surface area contributed by atoms with Crippen LogP contribution < -0.4 is 11.1 Å². The van der Waals surface area contributed by atoms with Crippen LogP contribution in [0.3, 0.4) is 0 Å². The minimum Gasteiger partial charge on any atom is -0.369 e. The van der Waals surface area contributed by atoms with Crippen molar-refractivity contribution in [2.75, 3.05) is 13.2 Å². The van der Waals surface area contributed by atoms with Gasteiger partial charge in [-0.15, -0.1) is 0 Å². The maximum atomic E-state index is 10.8. The Labute approximate surface area is 216 Å². The number of hydrogen-bond donors (Lipinski definition) is 2. The molecule has 1 saturated heterocycles. The zero-order chi connectivity index (χ0) is 25.6. The van der Waals surface area contributed by atoms with Crippen molar-refractivity contribution < 1.29 is 18.8 Å². The summed E-state index contributed by atoms with van der Waals surface area (Å²) in [7, 11) is 0. The minimum atomic E-state index is -0.329. The Bertz CT molecular complexity index is 1240. The van der Waals surface area contributed by atoms with Crippen molar-refractivity contribution >= 4 is 5.91 Å². The third-order valence-corrected chi connectivity index (χ3v) is 6.79. The molecule has 0 unspecified atom stereocenters. The zero-order valence-corrected chi connectivity index (χ0v) is 21.1. The second-order valence-corrected chi connectivity index (χ2v) is 9.73. The Morgan fingerprint density at radius 3 is 2.89 bits per heavy atom. The van der Waals surface area contributed by atoms with Crippen LogP contribution in [0.15, 0.2) is 47.2 Å². The molecule has 1 aliphatic heterocycles. The molecule has 2 aliphatic rings. The highest BCUT2D eigenvalue weighted by Gasteiger charge is 2.27. The SMILES string of the molecule is C[C@H](O[C@H]1CCCCO1)c1nccn1Cc1cc(-c2ccc(C#CC3CC(NCC(N)=O)C3)cc2)on1. The van der Waals surface area contributed by atoms with Crippen molar-refractivity contribution in [3.05, 3.63) is 59.8 Å². The average molecular weight is 504 g/mol. The molecule has 9 nitrogen and oxygen atoms in total. The molecule has 3 aromatic rings. The normalized spacial score (nSPS) is 22.0. The molecule has 37 heavy (non-hydrogen) atoms. The van der Waals surface area contributed by atoms with Gasteiger partial charge < -0.3 is 29.6 Å². The van der Waals surface area contributed by atoms with Gasteiger partial charge in [-0.3, -0.25) is 4.79 Å². The van der Waals surface area contributed by atoms with Gasteiger partial charge in [0.25, 0.3) is 0 Å². The Kier molecular flexibility index (Phi) is 7.99. The maximum absolute atomic E-state index is 10.8. The van der Waals surface area contributed by atoms with E-state index in [2.05, 4.69) is 27.3 Å². The summed E-state index contributed by atoms with van der Waals surface area (Å²) in [5, 5.41) is 7.40. The van der Waals surface area contributed by atoms with Gasteiger partial charge in [-0.1, -0.05) is 17.0 Å². The fourth-order valence-corrected chi connectivity index (χ4v) is 4.67. The first kappa shape index (κ1) is 25.2. The standard InChI is InChI=1S/C28H33N5O4/c1-19(36-27-4-2-3-13-35-27)28-30-11-12-33(28)18-24-16-25(37-32-24)22-9-7-20(8-10-22)5-6-21-14-23(15-21)31-17-26(29)34/h7-12,16,19,21,23,27,31H,2-4,13-15,17-18H2,1H3,(H2,29,34)/t19-,21?,23?,27-/m0/s1. The van der Waals surface area contributed by atoms with Gasteiger partial charge in [0.15, 0.2) is 12.1 Å². The van der Waals surface area contributed by atoms with E-state index in [0.717, 1.165) is 61.4 Å². The lowest BCUT2D eigenvalue weighted by molar-refractivity contribution is -0.188. The quantitative estimate of drug-likeness (QED) is 0.430. The van der Waals surface area contributed by atoms with Crippen molar-refractivity contribution in [1.29, 1.82) is 0 Å². The van der Waals surface area contributed by atoms with Crippen LogP contribution in [-0.4, -0.2) is 46.1 Å². The lowest BCUT2D eigenvalue weighted by Crippen LogP contribution is -2.44. The first-order chi connectivity index (χ1) is 18.0. The maximum Gasteiger partial charge on any atom is 0.231 e. The Morgan fingerprint density at radius 1 is 1.30 bits per heavy atom. The number of primary amides is 1. The molecule has 3 N–H and O–H groups in total. The number of carbonyl (C=O) groups is 1. The first-order valence-corrected chi connectivity index (χ1v) is 12.9. The molecule has 1 amide bonds. The Morgan fingerprint density at radius 2 is 2.14 bits per heavy atom. The van der Waals surface area contributed by atoms with Gasteiger partial charge >= 0.3 is 0 Å².